The van der Waals surface area contributed by atoms with E-state index in [2.05, 4.69) is 4.90 Å². The second-order valence-electron chi connectivity index (χ2n) is 10.4. The van der Waals surface area contributed by atoms with Crippen molar-refractivity contribution < 1.29 is 23.8 Å². The molecule has 2 amide bonds. The maximum atomic E-state index is 13.0. The summed E-state index contributed by atoms with van der Waals surface area (Å²) >= 11 is 6.73. The van der Waals surface area contributed by atoms with E-state index < -0.39 is 0 Å². The summed E-state index contributed by atoms with van der Waals surface area (Å²) in [6.45, 7) is 5.16. The fourth-order valence-electron chi connectivity index (χ4n) is 6.01. The van der Waals surface area contributed by atoms with Crippen molar-refractivity contribution in [3.05, 3.63) is 23.2 Å². The number of ether oxygens (including phenoxy) is 3. The molecule has 0 radical (unpaired) electrons. The van der Waals surface area contributed by atoms with Crippen LogP contribution < -0.4 is 9.64 Å². The molecule has 5 aliphatic heterocycles. The van der Waals surface area contributed by atoms with Gasteiger partial charge in [-0.25, -0.2) is 4.79 Å². The summed E-state index contributed by atoms with van der Waals surface area (Å²) in [6.07, 6.45) is 4.84. The van der Waals surface area contributed by atoms with Gasteiger partial charge < -0.3 is 28.9 Å². The molecule has 5 fully saturated rings. The van der Waals surface area contributed by atoms with Gasteiger partial charge in [0.15, 0.2) is 5.78 Å². The molecule has 6 rings (SSSR count). The number of ketones is 1. The first-order valence-corrected chi connectivity index (χ1v) is 12.9. The van der Waals surface area contributed by atoms with E-state index in [-0.39, 0.29) is 42.1 Å². The molecule has 34 heavy (non-hydrogen) atoms. The number of nitrogens with zero attached hydrogens (tertiary/aromatic N) is 3. The van der Waals surface area contributed by atoms with Crippen LogP contribution in [-0.2, 0) is 14.3 Å². The second-order valence-corrected chi connectivity index (χ2v) is 10.8. The molecule has 1 spiro atoms. The monoisotopic (exact) mass is 489 g/mol. The van der Waals surface area contributed by atoms with Crippen LogP contribution in [0.25, 0.3) is 0 Å². The first kappa shape index (κ1) is 22.4. The third kappa shape index (κ3) is 4.14. The summed E-state index contributed by atoms with van der Waals surface area (Å²) in [5.74, 6) is 0.917. The Hall–Kier alpha value is -2.03. The Kier molecular flexibility index (Phi) is 5.86. The van der Waals surface area contributed by atoms with Crippen molar-refractivity contribution in [2.24, 2.45) is 5.92 Å². The lowest BCUT2D eigenvalue weighted by Crippen LogP contribution is -2.64. The second kappa shape index (κ2) is 8.88. The van der Waals surface area contributed by atoms with Gasteiger partial charge in [0.2, 0.25) is 0 Å². The number of benzene rings is 1. The zero-order valence-electron chi connectivity index (χ0n) is 19.4. The number of likely N-dealkylation sites (tertiary alicyclic amines) is 2. The average Bonchev–Trinajstić information content (AvgIpc) is 2.80. The quantitative estimate of drug-likeness (QED) is 0.650. The standard InChI is InChI=1S/C25H32ClN3O5/c26-23-20(29-15-25(16-29)7-1-2-9-33-25)4-3-5-22(23)34-19-12-28(13-19)24(31)27-8-6-21-17(11-27)10-18(30)14-32-21/h3-5,17,19,21H,1-2,6-16H2/t17-,21+/m1/s1. The van der Waals surface area contributed by atoms with Gasteiger partial charge in [-0.05, 0) is 37.8 Å². The summed E-state index contributed by atoms with van der Waals surface area (Å²) in [5, 5.41) is 0.627. The number of halogens is 1. The summed E-state index contributed by atoms with van der Waals surface area (Å²) < 4.78 is 17.9. The molecule has 2 atom stereocenters. The van der Waals surface area contributed by atoms with E-state index in [0.29, 0.717) is 43.4 Å². The highest BCUT2D eigenvalue weighted by Gasteiger charge is 2.46. The SMILES string of the molecule is O=C1CO[C@H]2CCN(C(=O)N3CC(Oc4cccc(N5CC6(CCCCO6)C5)c4Cl)C3)C[C@H]2C1. The van der Waals surface area contributed by atoms with Gasteiger partial charge in [-0.3, -0.25) is 4.79 Å². The van der Waals surface area contributed by atoms with E-state index in [1.54, 1.807) is 0 Å². The van der Waals surface area contributed by atoms with Crippen LogP contribution in [0.2, 0.25) is 5.02 Å². The summed E-state index contributed by atoms with van der Waals surface area (Å²) in [6, 6.07) is 5.93. The number of fused-ring (bicyclic) bond motifs is 1. The number of anilines is 1. The van der Waals surface area contributed by atoms with E-state index in [9.17, 15) is 9.59 Å². The van der Waals surface area contributed by atoms with Crippen LogP contribution >= 0.6 is 11.6 Å². The molecule has 8 nitrogen and oxygen atoms in total. The minimum atomic E-state index is -0.0711. The van der Waals surface area contributed by atoms with Crippen molar-refractivity contribution in [2.75, 3.05) is 57.4 Å². The maximum Gasteiger partial charge on any atom is 0.320 e. The van der Waals surface area contributed by atoms with Gasteiger partial charge in [0.1, 0.15) is 29.1 Å². The zero-order valence-corrected chi connectivity index (χ0v) is 20.2. The summed E-state index contributed by atoms with van der Waals surface area (Å²) in [5.41, 5.74) is 0.983. The van der Waals surface area contributed by atoms with E-state index >= 15 is 0 Å². The van der Waals surface area contributed by atoms with Crippen LogP contribution in [0, 0.1) is 5.92 Å². The largest absolute Gasteiger partial charge is 0.485 e. The molecule has 184 valence electrons. The zero-order chi connectivity index (χ0) is 23.3. The highest BCUT2D eigenvalue weighted by atomic mass is 35.5. The average molecular weight is 490 g/mol. The van der Waals surface area contributed by atoms with Crippen LogP contribution in [-0.4, -0.2) is 91.9 Å². The number of hydrogen-bond donors (Lipinski definition) is 0. The summed E-state index contributed by atoms with van der Waals surface area (Å²) in [7, 11) is 0. The van der Waals surface area contributed by atoms with Crippen molar-refractivity contribution in [3.8, 4) is 5.75 Å². The van der Waals surface area contributed by atoms with Gasteiger partial charge in [0.05, 0.1) is 24.9 Å². The van der Waals surface area contributed by atoms with Gasteiger partial charge in [-0.1, -0.05) is 17.7 Å². The van der Waals surface area contributed by atoms with Crippen molar-refractivity contribution in [1.82, 2.24) is 9.80 Å². The van der Waals surface area contributed by atoms with E-state index in [4.69, 9.17) is 25.8 Å². The minimum absolute atomic E-state index is 0.00121. The lowest BCUT2D eigenvalue weighted by molar-refractivity contribution is -0.140. The Labute approximate surface area is 205 Å². The number of amides is 2. The molecule has 0 aliphatic carbocycles. The van der Waals surface area contributed by atoms with Crippen LogP contribution in [0.4, 0.5) is 10.5 Å². The first-order valence-electron chi connectivity index (χ1n) is 12.5. The molecule has 0 N–H and O–H groups in total. The molecule has 0 unspecified atom stereocenters. The van der Waals surface area contributed by atoms with Crippen molar-refractivity contribution in [2.45, 2.75) is 49.9 Å². The fourth-order valence-corrected chi connectivity index (χ4v) is 6.30. The Balaban J connectivity index is 1.01. The number of hydrogen-bond acceptors (Lipinski definition) is 6. The predicted molar refractivity (Wildman–Crippen MR) is 127 cm³/mol. The topological polar surface area (TPSA) is 71.5 Å². The molecule has 0 aromatic heterocycles. The van der Waals surface area contributed by atoms with E-state index in [1.165, 1.54) is 6.42 Å². The smallest absolute Gasteiger partial charge is 0.320 e. The molecule has 1 aromatic carbocycles. The van der Waals surface area contributed by atoms with Crippen molar-refractivity contribution in [1.29, 1.82) is 0 Å². The minimum Gasteiger partial charge on any atom is -0.485 e. The molecule has 9 heteroatoms. The van der Waals surface area contributed by atoms with Gasteiger partial charge in [-0.2, -0.15) is 0 Å². The molecule has 0 saturated carbocycles. The van der Waals surface area contributed by atoms with Gasteiger partial charge in [0, 0.05) is 45.1 Å². The molecule has 1 aromatic rings. The maximum absolute atomic E-state index is 13.0. The van der Waals surface area contributed by atoms with Gasteiger partial charge in [0.25, 0.3) is 0 Å². The van der Waals surface area contributed by atoms with Crippen LogP contribution in [0.5, 0.6) is 5.75 Å². The van der Waals surface area contributed by atoms with Crippen LogP contribution in [0.3, 0.4) is 0 Å². The molecule has 5 heterocycles. The Morgan fingerprint density at radius 1 is 1.15 bits per heavy atom. The molecule has 5 aliphatic rings. The highest BCUT2D eigenvalue weighted by Crippen LogP contribution is 2.42. The van der Waals surface area contributed by atoms with Gasteiger partial charge in [-0.15, -0.1) is 0 Å². The number of rotatable bonds is 3. The normalized spacial score (nSPS) is 28.9. The van der Waals surface area contributed by atoms with Crippen LogP contribution in [0.15, 0.2) is 18.2 Å². The lowest BCUT2D eigenvalue weighted by Gasteiger charge is -2.53. The summed E-state index contributed by atoms with van der Waals surface area (Å²) in [4.78, 5) is 30.6. The predicted octanol–water partition coefficient (Wildman–Crippen LogP) is 2.96. The Morgan fingerprint density at radius 2 is 2.00 bits per heavy atom. The molecule has 5 saturated heterocycles. The Bertz CT molecular complexity index is 954. The van der Waals surface area contributed by atoms with E-state index in [1.807, 2.05) is 28.0 Å². The number of piperidine rings is 1. The van der Waals surface area contributed by atoms with E-state index in [0.717, 1.165) is 44.6 Å². The third-order valence-electron chi connectivity index (χ3n) is 7.97. The molecule has 0 bridgehead atoms. The first-order chi connectivity index (χ1) is 16.5. The number of carbonyl (C=O) groups is 2. The molecular weight excluding hydrogens is 458 g/mol. The molecular formula is C25H32ClN3O5. The number of urea groups is 1. The number of Topliss-reactive ketones (excluding diaryl/α,β-unsaturated/α-hetero) is 1. The number of carbonyl (C=O) groups excluding carboxylic acids is 2. The highest BCUT2D eigenvalue weighted by molar-refractivity contribution is 6.34. The van der Waals surface area contributed by atoms with Crippen molar-refractivity contribution in [3.63, 3.8) is 0 Å². The fraction of sp³-hybridized carbons (Fsp3) is 0.680. The van der Waals surface area contributed by atoms with Gasteiger partial charge >= 0.3 is 6.03 Å². The lowest BCUT2D eigenvalue weighted by atomic mass is 9.86. The van der Waals surface area contributed by atoms with Crippen LogP contribution in [0.1, 0.15) is 32.1 Å². The Morgan fingerprint density at radius 3 is 2.79 bits per heavy atom. The van der Waals surface area contributed by atoms with Crippen molar-refractivity contribution >= 4 is 29.1 Å². The third-order valence-corrected chi connectivity index (χ3v) is 8.35.